The summed E-state index contributed by atoms with van der Waals surface area (Å²) >= 11 is 0. The molecule has 1 N–H and O–H groups in total. The summed E-state index contributed by atoms with van der Waals surface area (Å²) in [7, 11) is 0. The van der Waals surface area contributed by atoms with Crippen LogP contribution in [0.3, 0.4) is 0 Å². The van der Waals surface area contributed by atoms with E-state index in [0.29, 0.717) is 25.4 Å². The number of urea groups is 1. The fourth-order valence-electron chi connectivity index (χ4n) is 3.81. The minimum atomic E-state index is -0.223. The molecule has 0 unspecified atom stereocenters. The predicted octanol–water partition coefficient (Wildman–Crippen LogP) is 4.31. The van der Waals surface area contributed by atoms with Gasteiger partial charge >= 0.3 is 6.03 Å². The lowest BCUT2D eigenvalue weighted by atomic mass is 10.0. The van der Waals surface area contributed by atoms with Crippen LogP contribution in [0, 0.1) is 0 Å². The van der Waals surface area contributed by atoms with E-state index in [-0.39, 0.29) is 6.03 Å². The highest BCUT2D eigenvalue weighted by Crippen LogP contribution is 2.17. The van der Waals surface area contributed by atoms with Gasteiger partial charge in [0.1, 0.15) is 18.6 Å². The highest BCUT2D eigenvalue weighted by molar-refractivity contribution is 5.73. The van der Waals surface area contributed by atoms with Crippen molar-refractivity contribution in [2.24, 2.45) is 10.3 Å². The fourth-order valence-corrected chi connectivity index (χ4v) is 3.81. The first-order valence-electron chi connectivity index (χ1n) is 11.0. The van der Waals surface area contributed by atoms with Crippen LogP contribution in [0.1, 0.15) is 17.5 Å². The first-order valence-corrected chi connectivity index (χ1v) is 11.0. The summed E-state index contributed by atoms with van der Waals surface area (Å²) in [5.74, 6) is 0. The molecular formula is C25H29N5O2. The molecule has 1 saturated heterocycles. The summed E-state index contributed by atoms with van der Waals surface area (Å²) in [6, 6.07) is 20.5. The van der Waals surface area contributed by atoms with Gasteiger partial charge in [0.05, 0.1) is 0 Å². The second-order valence-corrected chi connectivity index (χ2v) is 8.01. The van der Waals surface area contributed by atoms with E-state index in [9.17, 15) is 4.79 Å². The van der Waals surface area contributed by atoms with Crippen LogP contribution < -0.4 is 5.43 Å². The highest BCUT2D eigenvalue weighted by Gasteiger charge is 2.21. The van der Waals surface area contributed by atoms with E-state index in [1.807, 2.05) is 30.3 Å². The SMILES string of the molecule is O=C(NN=NC1=COCC(CCc2ccccc2)=C1)N1CCN(Cc2ccccc2)CC1. The number of carbonyl (C=O) groups is 1. The summed E-state index contributed by atoms with van der Waals surface area (Å²) in [6.07, 6.45) is 5.40. The molecule has 0 atom stereocenters. The Morgan fingerprint density at radius 2 is 1.59 bits per heavy atom. The van der Waals surface area contributed by atoms with Crippen LogP contribution >= 0.6 is 0 Å². The number of benzene rings is 2. The maximum Gasteiger partial charge on any atom is 0.339 e. The normalized spacial score (nSPS) is 16.9. The molecule has 1 fully saturated rings. The Balaban J connectivity index is 1.19. The first kappa shape index (κ1) is 21.8. The lowest BCUT2D eigenvalue weighted by molar-refractivity contribution is 0.135. The average molecular weight is 432 g/mol. The fraction of sp³-hybridized carbons (Fsp3) is 0.320. The number of hydrogen-bond donors (Lipinski definition) is 1. The quantitative estimate of drug-likeness (QED) is 0.525. The third-order valence-electron chi connectivity index (χ3n) is 5.62. The van der Waals surface area contributed by atoms with E-state index in [4.69, 9.17) is 4.74 Å². The number of carbonyl (C=O) groups excluding carboxylic acids is 1. The Bertz CT molecular complexity index is 964. The Morgan fingerprint density at radius 3 is 2.31 bits per heavy atom. The van der Waals surface area contributed by atoms with Crippen molar-refractivity contribution in [3.05, 3.63) is 95.4 Å². The van der Waals surface area contributed by atoms with Crippen LogP contribution in [0.25, 0.3) is 0 Å². The van der Waals surface area contributed by atoms with E-state index in [1.54, 1.807) is 11.2 Å². The molecule has 0 spiro atoms. The number of amides is 2. The lowest BCUT2D eigenvalue weighted by Crippen LogP contribution is -2.50. The summed E-state index contributed by atoms with van der Waals surface area (Å²) in [5.41, 5.74) is 6.88. The van der Waals surface area contributed by atoms with Gasteiger partial charge in [-0.1, -0.05) is 65.9 Å². The molecule has 2 amide bonds. The smallest absolute Gasteiger partial charge is 0.339 e. The van der Waals surface area contributed by atoms with Crippen LogP contribution in [0.15, 0.2) is 94.6 Å². The van der Waals surface area contributed by atoms with Crippen LogP contribution in [0.2, 0.25) is 0 Å². The Hall–Kier alpha value is -3.45. The standard InChI is InChI=1S/C25H29N5O2/c31-25(30-15-13-29(14-16-30)18-22-9-5-2-6-10-22)27-28-26-24-17-23(19-32-20-24)12-11-21-7-3-1-4-8-21/h1-10,17,20H,11-16,18-19H2,(H,26,27,31). The third-order valence-corrected chi connectivity index (χ3v) is 5.62. The van der Waals surface area contributed by atoms with Gasteiger partial charge in [0.25, 0.3) is 0 Å². The molecule has 0 saturated carbocycles. The summed E-state index contributed by atoms with van der Waals surface area (Å²) < 4.78 is 5.50. The van der Waals surface area contributed by atoms with E-state index in [2.05, 4.69) is 57.1 Å². The molecule has 2 aliphatic rings. The number of nitrogens with one attached hydrogen (secondary N) is 1. The highest BCUT2D eigenvalue weighted by atomic mass is 16.5. The number of piperazine rings is 1. The summed E-state index contributed by atoms with van der Waals surface area (Å²) in [5, 5.41) is 8.00. The molecule has 0 aromatic heterocycles. The Kier molecular flexibility index (Phi) is 7.65. The Morgan fingerprint density at radius 1 is 0.906 bits per heavy atom. The van der Waals surface area contributed by atoms with Gasteiger partial charge < -0.3 is 9.64 Å². The second-order valence-electron chi connectivity index (χ2n) is 8.01. The van der Waals surface area contributed by atoms with Gasteiger partial charge in [0, 0.05) is 32.7 Å². The summed E-state index contributed by atoms with van der Waals surface area (Å²) in [6.45, 7) is 4.49. The van der Waals surface area contributed by atoms with Crippen molar-refractivity contribution in [3.63, 3.8) is 0 Å². The largest absolute Gasteiger partial charge is 0.495 e. The molecule has 0 bridgehead atoms. The van der Waals surface area contributed by atoms with Crippen LogP contribution in [0.5, 0.6) is 0 Å². The van der Waals surface area contributed by atoms with Crippen molar-refractivity contribution in [2.45, 2.75) is 19.4 Å². The lowest BCUT2D eigenvalue weighted by Gasteiger charge is -2.34. The number of rotatable bonds is 7. The van der Waals surface area contributed by atoms with Gasteiger partial charge in [-0.15, -0.1) is 5.11 Å². The molecule has 4 rings (SSSR count). The molecule has 32 heavy (non-hydrogen) atoms. The van der Waals surface area contributed by atoms with Gasteiger partial charge in [-0.3, -0.25) is 4.90 Å². The minimum absolute atomic E-state index is 0.223. The monoisotopic (exact) mass is 431 g/mol. The van der Waals surface area contributed by atoms with Gasteiger partial charge in [-0.2, -0.15) is 0 Å². The van der Waals surface area contributed by atoms with Crippen molar-refractivity contribution in [2.75, 3.05) is 32.8 Å². The number of nitrogens with zero attached hydrogens (tertiary/aromatic N) is 4. The zero-order chi connectivity index (χ0) is 22.0. The van der Waals surface area contributed by atoms with Gasteiger partial charge in [-0.25, -0.2) is 10.2 Å². The minimum Gasteiger partial charge on any atom is -0.495 e. The van der Waals surface area contributed by atoms with Crippen LogP contribution in [-0.4, -0.2) is 48.6 Å². The van der Waals surface area contributed by atoms with Crippen molar-refractivity contribution < 1.29 is 9.53 Å². The summed E-state index contributed by atoms with van der Waals surface area (Å²) in [4.78, 5) is 16.5. The molecule has 166 valence electrons. The molecule has 2 aliphatic heterocycles. The average Bonchev–Trinajstić information content (AvgIpc) is 2.85. The van der Waals surface area contributed by atoms with Crippen molar-refractivity contribution in [1.29, 1.82) is 0 Å². The maximum atomic E-state index is 12.4. The molecule has 2 aromatic carbocycles. The number of ether oxygens (including phenoxy) is 1. The van der Waals surface area contributed by atoms with Crippen LogP contribution in [0.4, 0.5) is 4.79 Å². The van der Waals surface area contributed by atoms with Crippen molar-refractivity contribution >= 4 is 6.03 Å². The Labute approximate surface area is 189 Å². The van der Waals surface area contributed by atoms with Gasteiger partial charge in [0.15, 0.2) is 0 Å². The first-order chi connectivity index (χ1) is 15.8. The number of hydrogen-bond acceptors (Lipinski definition) is 5. The van der Waals surface area contributed by atoms with Crippen molar-refractivity contribution in [3.8, 4) is 0 Å². The van der Waals surface area contributed by atoms with E-state index >= 15 is 0 Å². The second kappa shape index (κ2) is 11.2. The van der Waals surface area contributed by atoms with Crippen molar-refractivity contribution in [1.82, 2.24) is 15.2 Å². The van der Waals surface area contributed by atoms with E-state index in [0.717, 1.165) is 38.0 Å². The zero-order valence-corrected chi connectivity index (χ0v) is 18.2. The maximum absolute atomic E-state index is 12.4. The predicted molar refractivity (Wildman–Crippen MR) is 124 cm³/mol. The topological polar surface area (TPSA) is 69.5 Å². The molecule has 0 aliphatic carbocycles. The molecule has 2 aromatic rings. The molecule has 0 radical (unpaired) electrons. The zero-order valence-electron chi connectivity index (χ0n) is 18.2. The molecular weight excluding hydrogens is 402 g/mol. The van der Waals surface area contributed by atoms with E-state index in [1.165, 1.54) is 11.1 Å². The van der Waals surface area contributed by atoms with Gasteiger partial charge in [-0.05, 0) is 35.6 Å². The molecule has 2 heterocycles. The molecule has 7 nitrogen and oxygen atoms in total. The third kappa shape index (κ3) is 6.52. The number of aryl methyl sites for hydroxylation is 1. The van der Waals surface area contributed by atoms with E-state index < -0.39 is 0 Å². The van der Waals surface area contributed by atoms with Crippen LogP contribution in [-0.2, 0) is 17.7 Å². The molecule has 7 heteroatoms. The van der Waals surface area contributed by atoms with Gasteiger partial charge in [0.2, 0.25) is 0 Å². The number of allylic oxidation sites excluding steroid dienone is 1.